The van der Waals surface area contributed by atoms with Crippen molar-refractivity contribution in [3.05, 3.63) is 102 Å². The van der Waals surface area contributed by atoms with Crippen LogP contribution >= 0.6 is 11.3 Å². The summed E-state index contributed by atoms with van der Waals surface area (Å²) in [4.78, 5) is 26.2. The van der Waals surface area contributed by atoms with Crippen molar-refractivity contribution in [3.8, 4) is 0 Å². The predicted molar refractivity (Wildman–Crippen MR) is 146 cm³/mol. The molecule has 1 aromatic carbocycles. The first-order chi connectivity index (χ1) is 17.7. The van der Waals surface area contributed by atoms with Gasteiger partial charge in [0.15, 0.2) is 0 Å². The first-order valence-corrected chi connectivity index (χ1v) is 13.2. The average molecular weight is 503 g/mol. The molecule has 1 aliphatic rings. The molecule has 1 unspecified atom stereocenters. The molecule has 0 bridgehead atoms. The minimum absolute atomic E-state index is 0.125. The zero-order valence-corrected chi connectivity index (χ0v) is 21.6. The first-order valence-electron chi connectivity index (χ1n) is 12.3. The lowest BCUT2D eigenvalue weighted by atomic mass is 9.99. The molecular weight excluding hydrogens is 468 g/mol. The molecule has 8 heteroatoms. The van der Waals surface area contributed by atoms with E-state index in [1.807, 2.05) is 45.4 Å². The third-order valence-corrected chi connectivity index (χ3v) is 6.35. The molecule has 1 saturated heterocycles. The average Bonchev–Trinajstić information content (AvgIpc) is 3.74. The lowest BCUT2D eigenvalue weighted by Gasteiger charge is -2.25. The molecule has 4 heterocycles. The summed E-state index contributed by atoms with van der Waals surface area (Å²) in [6.07, 6.45) is 19.4. The molecule has 0 saturated carbocycles. The van der Waals surface area contributed by atoms with Gasteiger partial charge in [0, 0.05) is 60.9 Å². The number of hydrogen-bond acceptors (Lipinski definition) is 6. The Bertz CT molecular complexity index is 1090. The molecule has 1 fully saturated rings. The van der Waals surface area contributed by atoms with E-state index >= 15 is 0 Å². The van der Waals surface area contributed by atoms with Crippen LogP contribution in [0.5, 0.6) is 0 Å². The lowest BCUT2D eigenvalue weighted by molar-refractivity contribution is 0.0721. The second-order valence-electron chi connectivity index (χ2n) is 8.31. The standard InChI is InChI=1S/C21H27N3O.C4H4N2.C3H3NS/c1-3-5-8-18-10-11-19(15-17(18)4-2)21(25)24-14-6-9-20(24)16-23-13-7-12-22-23;1-2-6-4-3-5-1;1-2-5-3-4-1/h4,7,10-13,15,20H,2-3,5-6,8-9,14,16H2,1H3;1-4H;1-3H. The minimum atomic E-state index is 0.125. The molecule has 1 amide bonds. The topological polar surface area (TPSA) is 76.8 Å². The van der Waals surface area contributed by atoms with Crippen molar-refractivity contribution in [3.63, 3.8) is 0 Å². The quantitative estimate of drug-likeness (QED) is 0.320. The Morgan fingerprint density at radius 1 is 1.14 bits per heavy atom. The van der Waals surface area contributed by atoms with Gasteiger partial charge in [0.25, 0.3) is 5.91 Å². The van der Waals surface area contributed by atoms with E-state index in [9.17, 15) is 4.79 Å². The van der Waals surface area contributed by atoms with Crippen molar-refractivity contribution in [2.75, 3.05) is 6.54 Å². The summed E-state index contributed by atoms with van der Waals surface area (Å²) >= 11 is 1.60. The molecule has 5 rings (SSSR count). The maximum absolute atomic E-state index is 13.0. The van der Waals surface area contributed by atoms with Crippen molar-refractivity contribution in [2.45, 2.75) is 51.6 Å². The maximum atomic E-state index is 13.0. The zero-order valence-electron chi connectivity index (χ0n) is 20.8. The maximum Gasteiger partial charge on any atom is 0.254 e. The van der Waals surface area contributed by atoms with Crippen LogP contribution < -0.4 is 0 Å². The molecule has 188 valence electrons. The Labute approximate surface area is 217 Å². The van der Waals surface area contributed by atoms with Crippen LogP contribution in [0.2, 0.25) is 0 Å². The van der Waals surface area contributed by atoms with Gasteiger partial charge < -0.3 is 4.90 Å². The van der Waals surface area contributed by atoms with Gasteiger partial charge in [0.2, 0.25) is 0 Å². The molecule has 36 heavy (non-hydrogen) atoms. The van der Waals surface area contributed by atoms with Crippen LogP contribution in [0.4, 0.5) is 0 Å². The lowest BCUT2D eigenvalue weighted by Crippen LogP contribution is -2.38. The monoisotopic (exact) mass is 502 g/mol. The Hall–Kier alpha value is -3.65. The van der Waals surface area contributed by atoms with E-state index in [2.05, 4.69) is 39.6 Å². The number of carbonyl (C=O) groups is 1. The van der Waals surface area contributed by atoms with E-state index in [-0.39, 0.29) is 11.9 Å². The number of likely N-dealkylation sites (tertiary alicyclic amines) is 1. The molecule has 1 atom stereocenters. The molecule has 0 spiro atoms. The molecule has 0 N–H and O–H groups in total. The third kappa shape index (κ3) is 8.53. The van der Waals surface area contributed by atoms with E-state index in [1.165, 1.54) is 12.0 Å². The van der Waals surface area contributed by atoms with E-state index in [1.54, 1.807) is 54.0 Å². The molecule has 7 nitrogen and oxygen atoms in total. The van der Waals surface area contributed by atoms with Crippen molar-refractivity contribution in [2.24, 2.45) is 0 Å². The molecule has 4 aromatic rings. The van der Waals surface area contributed by atoms with Gasteiger partial charge in [0.05, 0.1) is 18.1 Å². The summed E-state index contributed by atoms with van der Waals surface area (Å²) in [5.41, 5.74) is 4.92. The van der Waals surface area contributed by atoms with Crippen LogP contribution in [0.1, 0.15) is 54.1 Å². The Balaban J connectivity index is 0.000000268. The van der Waals surface area contributed by atoms with Gasteiger partial charge in [-0.05, 0) is 55.0 Å². The number of rotatable bonds is 7. The number of benzene rings is 1. The van der Waals surface area contributed by atoms with Gasteiger partial charge in [-0.15, -0.1) is 11.3 Å². The third-order valence-electron chi connectivity index (χ3n) is 5.83. The van der Waals surface area contributed by atoms with Crippen LogP contribution in [0.25, 0.3) is 6.08 Å². The largest absolute Gasteiger partial charge is 0.334 e. The second-order valence-corrected chi connectivity index (χ2v) is 9.07. The van der Waals surface area contributed by atoms with Crippen LogP contribution in [0.15, 0.2) is 85.1 Å². The number of hydrogen-bond donors (Lipinski definition) is 0. The van der Waals surface area contributed by atoms with Gasteiger partial charge >= 0.3 is 0 Å². The summed E-state index contributed by atoms with van der Waals surface area (Å²) in [6.45, 7) is 7.71. The van der Waals surface area contributed by atoms with Crippen LogP contribution in [0.3, 0.4) is 0 Å². The molecule has 0 radical (unpaired) electrons. The van der Waals surface area contributed by atoms with Crippen molar-refractivity contribution in [1.82, 2.24) is 29.6 Å². The summed E-state index contributed by atoms with van der Waals surface area (Å²) in [6, 6.07) is 8.22. The number of nitrogens with zero attached hydrogens (tertiary/aromatic N) is 6. The van der Waals surface area contributed by atoms with Crippen LogP contribution in [-0.2, 0) is 13.0 Å². The second kappa shape index (κ2) is 15.4. The first kappa shape index (κ1) is 26.9. The van der Waals surface area contributed by atoms with E-state index in [0.29, 0.717) is 0 Å². The normalized spacial score (nSPS) is 14.2. The van der Waals surface area contributed by atoms with E-state index < -0.39 is 0 Å². The summed E-state index contributed by atoms with van der Waals surface area (Å²) in [5.74, 6) is 0.125. The molecular formula is C28H34N6OS. The number of amides is 1. The molecule has 1 aliphatic heterocycles. The van der Waals surface area contributed by atoms with Crippen molar-refractivity contribution in [1.29, 1.82) is 0 Å². The highest BCUT2D eigenvalue weighted by Crippen LogP contribution is 2.23. The number of unbranched alkanes of at least 4 members (excludes halogenated alkanes) is 1. The van der Waals surface area contributed by atoms with E-state index in [0.717, 1.165) is 49.9 Å². The van der Waals surface area contributed by atoms with Gasteiger partial charge in [-0.2, -0.15) is 5.10 Å². The number of carbonyl (C=O) groups excluding carboxylic acids is 1. The highest BCUT2D eigenvalue weighted by molar-refractivity contribution is 7.07. The van der Waals surface area contributed by atoms with E-state index in [4.69, 9.17) is 0 Å². The van der Waals surface area contributed by atoms with Crippen molar-refractivity contribution < 1.29 is 4.79 Å². The fraction of sp³-hybridized carbons (Fsp3) is 0.321. The van der Waals surface area contributed by atoms with Crippen LogP contribution in [-0.4, -0.2) is 48.1 Å². The summed E-state index contributed by atoms with van der Waals surface area (Å²) in [5, 5.41) is 6.21. The Morgan fingerprint density at radius 3 is 2.50 bits per heavy atom. The highest BCUT2D eigenvalue weighted by Gasteiger charge is 2.30. The van der Waals surface area contributed by atoms with Gasteiger partial charge in [-0.25, -0.2) is 0 Å². The smallest absolute Gasteiger partial charge is 0.254 e. The SMILES string of the molecule is C=Cc1cc(C(=O)N2CCCC2Cn2cccn2)ccc1CCCC.c1cnccn1.c1cscn1. The zero-order chi connectivity index (χ0) is 25.4. The minimum Gasteiger partial charge on any atom is -0.334 e. The fourth-order valence-corrected chi connectivity index (χ4v) is 4.38. The van der Waals surface area contributed by atoms with Gasteiger partial charge in [-0.3, -0.25) is 24.4 Å². The molecule has 0 aliphatic carbocycles. The number of aromatic nitrogens is 5. The number of aryl methyl sites for hydroxylation is 1. The summed E-state index contributed by atoms with van der Waals surface area (Å²) < 4.78 is 1.92. The summed E-state index contributed by atoms with van der Waals surface area (Å²) in [7, 11) is 0. The number of thiazole rings is 1. The Kier molecular flexibility index (Phi) is 11.5. The fourth-order valence-electron chi connectivity index (χ4n) is 4.02. The van der Waals surface area contributed by atoms with Crippen molar-refractivity contribution >= 4 is 23.3 Å². The Morgan fingerprint density at radius 2 is 1.94 bits per heavy atom. The van der Waals surface area contributed by atoms with Gasteiger partial charge in [-0.1, -0.05) is 32.1 Å². The molecule has 3 aromatic heterocycles. The highest BCUT2D eigenvalue weighted by atomic mass is 32.1. The van der Waals surface area contributed by atoms with Gasteiger partial charge in [0.1, 0.15) is 0 Å². The predicted octanol–water partition coefficient (Wildman–Crippen LogP) is 5.79. The van der Waals surface area contributed by atoms with Crippen LogP contribution in [0, 0.1) is 0 Å².